The van der Waals surface area contributed by atoms with Crippen LogP contribution in [0.1, 0.15) is 31.4 Å². The van der Waals surface area contributed by atoms with Gasteiger partial charge in [0.2, 0.25) is 0 Å². The van der Waals surface area contributed by atoms with E-state index < -0.39 is 6.10 Å². The van der Waals surface area contributed by atoms with Crippen molar-refractivity contribution in [2.24, 2.45) is 0 Å². The van der Waals surface area contributed by atoms with Crippen LogP contribution < -0.4 is 5.32 Å². The van der Waals surface area contributed by atoms with E-state index in [9.17, 15) is 5.11 Å². The molecule has 3 unspecified atom stereocenters. The normalized spacial score (nSPS) is 25.9. The van der Waals surface area contributed by atoms with Crippen molar-refractivity contribution in [1.82, 2.24) is 5.32 Å². The summed E-state index contributed by atoms with van der Waals surface area (Å²) >= 11 is 5.82. The van der Waals surface area contributed by atoms with Crippen molar-refractivity contribution >= 4 is 11.6 Å². The Bertz CT molecular complexity index is 369. The number of rotatable bonds is 4. The lowest BCUT2D eigenvalue weighted by Crippen LogP contribution is -2.39. The zero-order chi connectivity index (χ0) is 13.0. The van der Waals surface area contributed by atoms with Crippen LogP contribution in [-0.4, -0.2) is 30.4 Å². The molecule has 1 saturated heterocycles. The molecule has 0 saturated carbocycles. The number of halogens is 1. The van der Waals surface area contributed by atoms with Crippen LogP contribution in [-0.2, 0) is 4.74 Å². The van der Waals surface area contributed by atoms with Crippen molar-refractivity contribution in [1.29, 1.82) is 0 Å². The predicted octanol–water partition coefficient (Wildman–Crippen LogP) is 2.53. The molecular formula is C14H20ClNO2. The summed E-state index contributed by atoms with van der Waals surface area (Å²) in [5.41, 5.74) is 0.895. The average Bonchev–Trinajstić information content (AvgIpc) is 2.37. The van der Waals surface area contributed by atoms with Crippen LogP contribution >= 0.6 is 11.6 Å². The molecule has 0 amide bonds. The summed E-state index contributed by atoms with van der Waals surface area (Å²) in [5.74, 6) is 0. The number of nitrogens with one attached hydrogen (secondary N) is 1. The van der Waals surface area contributed by atoms with Gasteiger partial charge in [-0.25, -0.2) is 0 Å². The van der Waals surface area contributed by atoms with Gasteiger partial charge in [-0.1, -0.05) is 23.7 Å². The van der Waals surface area contributed by atoms with E-state index in [4.69, 9.17) is 16.3 Å². The predicted molar refractivity (Wildman–Crippen MR) is 72.9 cm³/mol. The molecule has 4 heteroatoms. The molecule has 1 aromatic carbocycles. The fourth-order valence-electron chi connectivity index (χ4n) is 2.26. The second kappa shape index (κ2) is 6.53. The highest BCUT2D eigenvalue weighted by Crippen LogP contribution is 2.17. The van der Waals surface area contributed by atoms with Gasteiger partial charge in [0.25, 0.3) is 0 Å². The molecule has 0 bridgehead atoms. The maximum atomic E-state index is 10.1. The van der Waals surface area contributed by atoms with E-state index in [1.54, 1.807) is 12.1 Å². The molecule has 0 aliphatic carbocycles. The van der Waals surface area contributed by atoms with Crippen molar-refractivity contribution in [2.45, 2.75) is 38.0 Å². The Labute approximate surface area is 113 Å². The number of ether oxygens (including phenoxy) is 1. The molecule has 0 aromatic heterocycles. The summed E-state index contributed by atoms with van der Waals surface area (Å²) in [4.78, 5) is 0. The Morgan fingerprint density at radius 3 is 2.83 bits per heavy atom. The van der Waals surface area contributed by atoms with Gasteiger partial charge in [-0.2, -0.15) is 0 Å². The van der Waals surface area contributed by atoms with Crippen LogP contribution in [0.3, 0.4) is 0 Å². The van der Waals surface area contributed by atoms with Crippen molar-refractivity contribution in [2.75, 3.05) is 13.2 Å². The van der Waals surface area contributed by atoms with E-state index in [2.05, 4.69) is 12.2 Å². The largest absolute Gasteiger partial charge is 0.387 e. The summed E-state index contributed by atoms with van der Waals surface area (Å²) in [7, 11) is 0. The Morgan fingerprint density at radius 1 is 1.44 bits per heavy atom. The van der Waals surface area contributed by atoms with Crippen molar-refractivity contribution in [3.63, 3.8) is 0 Å². The Hall–Kier alpha value is -0.610. The molecule has 2 rings (SSSR count). The van der Waals surface area contributed by atoms with E-state index in [0.717, 1.165) is 25.0 Å². The van der Waals surface area contributed by atoms with Gasteiger partial charge in [-0.05, 0) is 37.5 Å². The van der Waals surface area contributed by atoms with Crippen molar-refractivity contribution in [3.05, 3.63) is 34.9 Å². The van der Waals surface area contributed by atoms with Gasteiger partial charge >= 0.3 is 0 Å². The first-order valence-electron chi connectivity index (χ1n) is 6.43. The third kappa shape index (κ3) is 3.95. The van der Waals surface area contributed by atoms with E-state index in [0.29, 0.717) is 23.7 Å². The second-order valence-corrected chi connectivity index (χ2v) is 5.31. The minimum absolute atomic E-state index is 0.309. The van der Waals surface area contributed by atoms with Gasteiger partial charge in [0, 0.05) is 24.2 Å². The smallest absolute Gasteiger partial charge is 0.0914 e. The molecule has 0 spiro atoms. The van der Waals surface area contributed by atoms with Crippen molar-refractivity contribution < 1.29 is 9.84 Å². The number of aliphatic hydroxyl groups excluding tert-OH is 1. The lowest BCUT2D eigenvalue weighted by atomic mass is 10.0. The van der Waals surface area contributed by atoms with Crippen molar-refractivity contribution in [3.8, 4) is 0 Å². The highest BCUT2D eigenvalue weighted by molar-refractivity contribution is 6.30. The van der Waals surface area contributed by atoms with E-state index in [-0.39, 0.29) is 0 Å². The standard InChI is InChI=1S/C14H20ClNO2/c1-10-8-13(6-7-18-10)16-9-14(17)11-2-4-12(15)5-3-11/h2-5,10,13-14,16-17H,6-9H2,1H3. The number of aliphatic hydroxyl groups is 1. The van der Waals surface area contributed by atoms with Gasteiger partial charge in [-0.3, -0.25) is 0 Å². The first kappa shape index (κ1) is 13.8. The monoisotopic (exact) mass is 269 g/mol. The van der Waals surface area contributed by atoms with Crippen LogP contribution in [0.25, 0.3) is 0 Å². The molecule has 1 heterocycles. The molecule has 0 radical (unpaired) electrons. The molecule has 1 aliphatic heterocycles. The summed E-state index contributed by atoms with van der Waals surface area (Å²) < 4.78 is 5.50. The minimum atomic E-state index is -0.486. The van der Waals surface area contributed by atoms with Gasteiger partial charge in [0.1, 0.15) is 0 Å². The molecule has 3 atom stereocenters. The second-order valence-electron chi connectivity index (χ2n) is 4.88. The molecule has 3 nitrogen and oxygen atoms in total. The highest BCUT2D eigenvalue weighted by Gasteiger charge is 2.19. The summed E-state index contributed by atoms with van der Waals surface area (Å²) in [6, 6.07) is 7.77. The number of hydrogen-bond donors (Lipinski definition) is 2. The summed E-state index contributed by atoms with van der Waals surface area (Å²) in [6.45, 7) is 3.46. The van der Waals surface area contributed by atoms with Crippen LogP contribution in [0.4, 0.5) is 0 Å². The molecule has 18 heavy (non-hydrogen) atoms. The molecule has 2 N–H and O–H groups in total. The first-order chi connectivity index (χ1) is 8.65. The third-order valence-corrected chi connectivity index (χ3v) is 3.59. The Balaban J connectivity index is 1.80. The average molecular weight is 270 g/mol. The van der Waals surface area contributed by atoms with Gasteiger partial charge < -0.3 is 15.2 Å². The Morgan fingerprint density at radius 2 is 2.17 bits per heavy atom. The minimum Gasteiger partial charge on any atom is -0.387 e. The van der Waals surface area contributed by atoms with Gasteiger partial charge in [-0.15, -0.1) is 0 Å². The molecule has 1 fully saturated rings. The maximum Gasteiger partial charge on any atom is 0.0914 e. The van der Waals surface area contributed by atoms with Crippen LogP contribution in [0.5, 0.6) is 0 Å². The topological polar surface area (TPSA) is 41.5 Å². The maximum absolute atomic E-state index is 10.1. The molecular weight excluding hydrogens is 250 g/mol. The van der Waals surface area contributed by atoms with Crippen LogP contribution in [0.2, 0.25) is 5.02 Å². The lowest BCUT2D eigenvalue weighted by Gasteiger charge is -2.28. The summed E-state index contributed by atoms with van der Waals surface area (Å²) in [6.07, 6.45) is 1.84. The molecule has 1 aromatic rings. The Kier molecular flexibility index (Phi) is 5.01. The first-order valence-corrected chi connectivity index (χ1v) is 6.81. The number of benzene rings is 1. The quantitative estimate of drug-likeness (QED) is 0.883. The molecule has 100 valence electrons. The van der Waals surface area contributed by atoms with E-state index in [1.807, 2.05) is 12.1 Å². The zero-order valence-electron chi connectivity index (χ0n) is 10.6. The fraction of sp³-hybridized carbons (Fsp3) is 0.571. The molecule has 1 aliphatic rings. The summed E-state index contributed by atoms with van der Waals surface area (Å²) in [5, 5.41) is 14.2. The fourth-order valence-corrected chi connectivity index (χ4v) is 2.39. The van der Waals surface area contributed by atoms with E-state index in [1.165, 1.54) is 0 Å². The number of hydrogen-bond acceptors (Lipinski definition) is 3. The van der Waals surface area contributed by atoms with Crippen LogP contribution in [0, 0.1) is 0 Å². The van der Waals surface area contributed by atoms with Crippen LogP contribution in [0.15, 0.2) is 24.3 Å². The highest BCUT2D eigenvalue weighted by atomic mass is 35.5. The SMILES string of the molecule is CC1CC(NCC(O)c2ccc(Cl)cc2)CCO1. The van der Waals surface area contributed by atoms with Gasteiger partial charge in [0.05, 0.1) is 12.2 Å². The van der Waals surface area contributed by atoms with E-state index >= 15 is 0 Å². The third-order valence-electron chi connectivity index (χ3n) is 3.34. The lowest BCUT2D eigenvalue weighted by molar-refractivity contribution is 0.0109. The zero-order valence-corrected chi connectivity index (χ0v) is 11.4. The van der Waals surface area contributed by atoms with Gasteiger partial charge in [0.15, 0.2) is 0 Å².